The van der Waals surface area contributed by atoms with E-state index in [9.17, 15) is 33.0 Å². The Hall–Kier alpha value is -6.25. The summed E-state index contributed by atoms with van der Waals surface area (Å²) < 4.78 is 52.8. The molecule has 4 saturated heterocycles. The number of nitrogens with zero attached hydrogens (tertiary/aromatic N) is 6. The minimum absolute atomic E-state index is 0. The van der Waals surface area contributed by atoms with Gasteiger partial charge in [0, 0.05) is 107 Å². The third-order valence-corrected chi connectivity index (χ3v) is 14.8. The van der Waals surface area contributed by atoms with E-state index in [-0.39, 0.29) is 50.3 Å². The number of hydrogen-bond acceptors (Lipinski definition) is 15. The molecule has 6 aliphatic rings. The van der Waals surface area contributed by atoms with E-state index in [1.165, 1.54) is 16.7 Å². The molecule has 0 radical (unpaired) electrons. The van der Waals surface area contributed by atoms with Crippen LogP contribution in [0, 0.1) is 0 Å². The van der Waals surface area contributed by atoms with Crippen LogP contribution in [-0.4, -0.2) is 171 Å². The summed E-state index contributed by atoms with van der Waals surface area (Å²) in [5.74, 6) is 1.87. The van der Waals surface area contributed by atoms with E-state index in [4.69, 9.17) is 28.3 Å². The normalized spacial score (nSPS) is 18.7. The number of hydrogen-bond donors (Lipinski definition) is 1. The van der Waals surface area contributed by atoms with Crippen LogP contribution in [0.1, 0.15) is 70.9 Å². The first-order valence-electron chi connectivity index (χ1n) is 27.2. The van der Waals surface area contributed by atoms with Crippen LogP contribution in [0.3, 0.4) is 0 Å². The second kappa shape index (κ2) is 30.9. The average Bonchev–Trinajstić information content (AvgIpc) is 4.29. The van der Waals surface area contributed by atoms with Crippen molar-refractivity contribution >= 4 is 71.5 Å². The standard InChI is InChI=1S/C28H36BN3O5.C27H34BN3O6.2CH3F.CH4/c1-21(33)4-10-26-19-32(28(34)37-26)24-8-6-23(7-9-24)31-15-13-30(14-16-31)12-3-17-35-25-11-5-22-20-36-29(2)27(22)18-25;1-20(32)6-11-24-18-31(27(33)37-24)23-9-7-22(8-10-23)30-15-13-29(14-16-30)12-3-17-35-25-5-2-4-21-19-36-28(34)26(21)25;2*1-2;/h5-9,11,18,26H,3-4,10,12-17,19-20H2,1-2H3;2,4-5,7-10,24,34H,3,6,11-19H2,1H3;2*1H3;1H4. The predicted octanol–water partition coefficient (Wildman–Crippen LogP) is 7.33. The number of halogens is 2. The number of alkyl halides is 2. The lowest BCUT2D eigenvalue weighted by molar-refractivity contribution is -0.118. The molecule has 4 aromatic rings. The summed E-state index contributed by atoms with van der Waals surface area (Å²) in [6, 6.07) is 28.3. The number of amides is 2. The summed E-state index contributed by atoms with van der Waals surface area (Å²) in [6.07, 6.45) is 2.79. The summed E-state index contributed by atoms with van der Waals surface area (Å²) in [5, 5.41) is 10.0. The van der Waals surface area contributed by atoms with Crippen molar-refractivity contribution in [3.05, 3.63) is 96.1 Å². The maximum Gasteiger partial charge on any atom is 0.495 e. The van der Waals surface area contributed by atoms with E-state index < -0.39 is 7.12 Å². The molecule has 0 saturated carbocycles. The number of ether oxygens (including phenoxy) is 4. The van der Waals surface area contributed by atoms with Crippen LogP contribution in [-0.2, 0) is 41.6 Å². The van der Waals surface area contributed by atoms with Crippen LogP contribution in [0.15, 0.2) is 84.9 Å². The van der Waals surface area contributed by atoms with Crippen LogP contribution in [0.5, 0.6) is 11.5 Å². The molecular weight excluding hydrogens is 1020 g/mol. The Morgan fingerprint density at radius 3 is 1.58 bits per heavy atom. The molecule has 2 atom stereocenters. The topological polar surface area (TPSA) is 163 Å². The third kappa shape index (κ3) is 17.1. The Morgan fingerprint density at radius 1 is 0.620 bits per heavy atom. The molecule has 0 bridgehead atoms. The highest BCUT2D eigenvalue weighted by molar-refractivity contribution is 6.67. The Bertz CT molecular complexity index is 2570. The van der Waals surface area contributed by atoms with E-state index in [2.05, 4.69) is 62.8 Å². The van der Waals surface area contributed by atoms with Crippen molar-refractivity contribution in [2.24, 2.45) is 0 Å². The molecule has 79 heavy (non-hydrogen) atoms. The van der Waals surface area contributed by atoms with Crippen LogP contribution in [0.25, 0.3) is 0 Å². The molecule has 6 heterocycles. The Labute approximate surface area is 466 Å². The maximum absolute atomic E-state index is 12.3. The van der Waals surface area contributed by atoms with E-state index in [1.807, 2.05) is 48.5 Å². The highest BCUT2D eigenvalue weighted by Gasteiger charge is 2.35. The fourth-order valence-corrected chi connectivity index (χ4v) is 10.4. The minimum atomic E-state index is -0.896. The zero-order chi connectivity index (χ0) is 55.6. The van der Waals surface area contributed by atoms with Crippen molar-refractivity contribution in [3.8, 4) is 11.5 Å². The molecule has 0 aliphatic carbocycles. The number of benzene rings is 4. The number of ketones is 2. The Balaban J connectivity index is 0.000000237. The van der Waals surface area contributed by atoms with Gasteiger partial charge in [0.25, 0.3) is 0 Å². The van der Waals surface area contributed by atoms with Gasteiger partial charge in [0.15, 0.2) is 0 Å². The fourth-order valence-electron chi connectivity index (χ4n) is 10.4. The Morgan fingerprint density at radius 2 is 1.09 bits per heavy atom. The number of carbonyl (C=O) groups is 4. The lowest BCUT2D eigenvalue weighted by Crippen LogP contribution is -2.46. The quantitative estimate of drug-likeness (QED) is 0.0691. The van der Waals surface area contributed by atoms with Crippen LogP contribution >= 0.6 is 0 Å². The van der Waals surface area contributed by atoms with Gasteiger partial charge >= 0.3 is 26.2 Å². The van der Waals surface area contributed by atoms with Gasteiger partial charge < -0.3 is 52.7 Å². The number of piperazine rings is 2. The van der Waals surface area contributed by atoms with E-state index in [0.717, 1.165) is 112 Å². The van der Waals surface area contributed by atoms with E-state index in [0.29, 0.717) is 85.3 Å². The molecule has 4 aromatic carbocycles. The molecule has 2 amide bonds. The van der Waals surface area contributed by atoms with Gasteiger partial charge in [-0.2, -0.15) is 0 Å². The molecule has 1 N–H and O–H groups in total. The van der Waals surface area contributed by atoms with Gasteiger partial charge in [0.2, 0.25) is 0 Å². The van der Waals surface area contributed by atoms with Gasteiger partial charge in [0.05, 0.1) is 53.9 Å². The zero-order valence-electron chi connectivity index (χ0n) is 45.9. The molecule has 10 rings (SSSR count). The first kappa shape index (κ1) is 62.0. The molecule has 17 nitrogen and oxygen atoms in total. The number of fused-ring (bicyclic) bond motifs is 2. The summed E-state index contributed by atoms with van der Waals surface area (Å²) >= 11 is 0. The van der Waals surface area contributed by atoms with Gasteiger partial charge in [-0.3, -0.25) is 28.4 Å². The molecule has 0 spiro atoms. The molecular formula is C58H80B2F2N6O11. The molecule has 6 aliphatic heterocycles. The number of rotatable bonds is 20. The van der Waals surface area contributed by atoms with Gasteiger partial charge in [-0.15, -0.1) is 0 Å². The van der Waals surface area contributed by atoms with Crippen molar-refractivity contribution in [2.75, 3.05) is 126 Å². The van der Waals surface area contributed by atoms with Crippen molar-refractivity contribution < 1.29 is 61.2 Å². The van der Waals surface area contributed by atoms with Gasteiger partial charge in [-0.05, 0) is 123 Å². The predicted molar refractivity (Wildman–Crippen MR) is 308 cm³/mol. The first-order valence-corrected chi connectivity index (χ1v) is 27.2. The van der Waals surface area contributed by atoms with Crippen molar-refractivity contribution in [3.63, 3.8) is 0 Å². The second-order valence-electron chi connectivity index (χ2n) is 20.1. The summed E-state index contributed by atoms with van der Waals surface area (Å²) in [4.78, 5) is 60.0. The second-order valence-corrected chi connectivity index (χ2v) is 20.1. The summed E-state index contributed by atoms with van der Waals surface area (Å²) in [6.45, 7) is 18.6. The zero-order valence-corrected chi connectivity index (χ0v) is 45.9. The molecule has 4 fully saturated rings. The van der Waals surface area contributed by atoms with E-state index >= 15 is 0 Å². The number of carbonyl (C=O) groups excluding carboxylic acids is 4. The molecule has 2 unspecified atom stereocenters. The smallest absolute Gasteiger partial charge is 0.494 e. The number of anilines is 4. The fraction of sp³-hybridized carbons (Fsp3) is 0.517. The number of Topliss-reactive ketones (excluding diaryl/α,β-unsaturated/α-hetero) is 2. The maximum atomic E-state index is 12.3. The monoisotopic (exact) mass is 1100 g/mol. The van der Waals surface area contributed by atoms with Gasteiger partial charge in [-0.1, -0.05) is 32.4 Å². The lowest BCUT2D eigenvalue weighted by Gasteiger charge is -2.36. The lowest BCUT2D eigenvalue weighted by atomic mass is 9.64. The first-order chi connectivity index (χ1) is 37.9. The molecule has 0 aromatic heterocycles. The van der Waals surface area contributed by atoms with Crippen LogP contribution in [0.2, 0.25) is 6.82 Å². The molecule has 21 heteroatoms. The highest BCUT2D eigenvalue weighted by atomic mass is 19.1. The minimum Gasteiger partial charge on any atom is -0.494 e. The largest absolute Gasteiger partial charge is 0.495 e. The van der Waals surface area contributed by atoms with Crippen molar-refractivity contribution in [1.82, 2.24) is 9.80 Å². The van der Waals surface area contributed by atoms with Crippen LogP contribution in [0.4, 0.5) is 41.1 Å². The highest BCUT2D eigenvalue weighted by Crippen LogP contribution is 2.29. The van der Waals surface area contributed by atoms with E-state index in [1.54, 1.807) is 23.6 Å². The Kier molecular flexibility index (Phi) is 24.3. The van der Waals surface area contributed by atoms with Crippen molar-refractivity contribution in [2.45, 2.75) is 92.0 Å². The average molecular weight is 1100 g/mol. The van der Waals surface area contributed by atoms with Crippen molar-refractivity contribution in [1.29, 1.82) is 0 Å². The molecule has 428 valence electrons. The summed E-state index contributed by atoms with van der Waals surface area (Å²) in [5.41, 5.74) is 8.23. The van der Waals surface area contributed by atoms with Gasteiger partial charge in [-0.25, -0.2) is 9.59 Å². The van der Waals surface area contributed by atoms with Gasteiger partial charge in [0.1, 0.15) is 35.3 Å². The van der Waals surface area contributed by atoms with Crippen LogP contribution < -0.4 is 40.0 Å². The summed E-state index contributed by atoms with van der Waals surface area (Å²) in [7, 11) is 0.104. The SMILES string of the molecule is C.CB1OCc2ccc(OCCCN3CCN(c4ccc(N5CC(CCC(C)=O)OC5=O)cc4)CC3)cc21.CC(=O)CCC1CN(c2ccc(N3CCN(CCCOc4cccc5c4B(O)OC5)CC3)cc2)C(=O)O1.CF.CF. The number of cyclic esters (lactones) is 2. The third-order valence-electron chi connectivity index (χ3n) is 14.8.